The third kappa shape index (κ3) is 4.47. The van der Waals surface area contributed by atoms with E-state index in [1.807, 2.05) is 60.8 Å². The fourth-order valence-electron chi connectivity index (χ4n) is 4.26. The number of fused-ring (bicyclic) bond motifs is 2. The molecule has 0 radical (unpaired) electrons. The molecule has 0 fully saturated rings. The molecule has 0 amide bonds. The Labute approximate surface area is 199 Å². The number of hydrogen-bond donors (Lipinski definition) is 1. The highest BCUT2D eigenvalue weighted by atomic mass is 79.9. The van der Waals surface area contributed by atoms with Crippen molar-refractivity contribution in [2.45, 2.75) is 12.5 Å². The molecular formula is C27H21BrN2O3. The van der Waals surface area contributed by atoms with E-state index >= 15 is 0 Å². The van der Waals surface area contributed by atoms with Crippen molar-refractivity contribution in [3.8, 4) is 5.75 Å². The molecule has 164 valence electrons. The average molecular weight is 501 g/mol. The minimum atomic E-state index is -0.373. The maximum absolute atomic E-state index is 11.5. The van der Waals surface area contributed by atoms with E-state index in [0.717, 1.165) is 32.1 Å². The molecule has 0 unspecified atom stereocenters. The van der Waals surface area contributed by atoms with Crippen LogP contribution < -0.4 is 4.74 Å². The van der Waals surface area contributed by atoms with E-state index in [1.54, 1.807) is 0 Å². The smallest absolute Gasteiger partial charge is 0.214 e. The maximum Gasteiger partial charge on any atom is 0.214 e. The number of ether oxygens (including phenoxy) is 1. The van der Waals surface area contributed by atoms with Crippen LogP contribution in [0.3, 0.4) is 0 Å². The summed E-state index contributed by atoms with van der Waals surface area (Å²) >= 11 is 3.61. The Bertz CT molecular complexity index is 1460. The number of nitrogens with one attached hydrogen (secondary N) is 1. The molecule has 5 rings (SSSR count). The van der Waals surface area contributed by atoms with Gasteiger partial charge in [-0.1, -0.05) is 60.7 Å². The van der Waals surface area contributed by atoms with Gasteiger partial charge in [0.05, 0.1) is 10.4 Å². The van der Waals surface area contributed by atoms with Crippen LogP contribution in [0, 0.1) is 10.1 Å². The van der Waals surface area contributed by atoms with Crippen molar-refractivity contribution in [1.82, 2.24) is 4.98 Å². The van der Waals surface area contributed by atoms with Gasteiger partial charge in [0.25, 0.3) is 0 Å². The number of nitro groups is 1. The first kappa shape index (κ1) is 21.2. The topological polar surface area (TPSA) is 68.2 Å². The van der Waals surface area contributed by atoms with Crippen LogP contribution in [-0.4, -0.2) is 16.5 Å². The van der Waals surface area contributed by atoms with E-state index < -0.39 is 0 Å². The van der Waals surface area contributed by atoms with Crippen LogP contribution in [0.5, 0.6) is 5.75 Å². The summed E-state index contributed by atoms with van der Waals surface area (Å²) in [6.45, 7) is 0.245. The van der Waals surface area contributed by atoms with Crippen molar-refractivity contribution < 1.29 is 9.66 Å². The lowest BCUT2D eigenvalue weighted by Gasteiger charge is -2.15. The molecule has 0 aliphatic rings. The van der Waals surface area contributed by atoms with Crippen LogP contribution in [0.15, 0.2) is 95.6 Å². The summed E-state index contributed by atoms with van der Waals surface area (Å²) in [5.41, 5.74) is 3.82. The van der Waals surface area contributed by atoms with Gasteiger partial charge < -0.3 is 9.72 Å². The third-order valence-corrected chi connectivity index (χ3v) is 6.51. The number of hydrogen-bond acceptors (Lipinski definition) is 3. The van der Waals surface area contributed by atoms with E-state index in [1.165, 1.54) is 10.8 Å². The number of para-hydroxylation sites is 1. The SMILES string of the molecule is O=[N+]([O-])C[C@H](c1ccc(OCc2ccc3ccccc3c2)c(Br)c1)c1c[nH]c2ccccc12. The summed E-state index contributed by atoms with van der Waals surface area (Å²) in [6.07, 6.45) is 1.87. The van der Waals surface area contributed by atoms with E-state index in [4.69, 9.17) is 4.74 Å². The van der Waals surface area contributed by atoms with Crippen LogP contribution in [0.2, 0.25) is 0 Å². The van der Waals surface area contributed by atoms with E-state index in [0.29, 0.717) is 12.4 Å². The van der Waals surface area contributed by atoms with Gasteiger partial charge in [0.1, 0.15) is 12.4 Å². The molecule has 1 atom stereocenters. The van der Waals surface area contributed by atoms with Gasteiger partial charge in [0.15, 0.2) is 0 Å². The molecule has 0 saturated heterocycles. The molecular weight excluding hydrogens is 480 g/mol. The normalized spacial score (nSPS) is 12.2. The fourth-order valence-corrected chi connectivity index (χ4v) is 4.77. The van der Waals surface area contributed by atoms with Crippen molar-refractivity contribution >= 4 is 37.6 Å². The molecule has 1 heterocycles. The summed E-state index contributed by atoms with van der Waals surface area (Å²) in [5.74, 6) is 0.327. The Hall–Kier alpha value is -3.64. The first-order valence-corrected chi connectivity index (χ1v) is 11.5. The second kappa shape index (κ2) is 9.08. The first-order valence-electron chi connectivity index (χ1n) is 10.7. The van der Waals surface area contributed by atoms with E-state index in [9.17, 15) is 10.1 Å². The molecule has 4 aromatic carbocycles. The number of aromatic amines is 1. The highest BCUT2D eigenvalue weighted by molar-refractivity contribution is 9.10. The van der Waals surface area contributed by atoms with Crippen molar-refractivity contribution in [2.75, 3.05) is 6.54 Å². The summed E-state index contributed by atoms with van der Waals surface area (Å²) < 4.78 is 6.83. The second-order valence-electron chi connectivity index (χ2n) is 8.02. The Morgan fingerprint density at radius 3 is 2.55 bits per heavy atom. The van der Waals surface area contributed by atoms with Crippen LogP contribution in [-0.2, 0) is 6.61 Å². The standard InChI is InChI=1S/C27H21BrN2O3/c28-25-14-21(24(16-30(31)32)23-15-29-26-8-4-3-7-22(23)26)11-12-27(25)33-17-18-9-10-19-5-1-2-6-20(19)13-18/h1-15,24,29H,16-17H2/t24-/m1/s1. The molecule has 5 nitrogen and oxygen atoms in total. The quantitative estimate of drug-likeness (QED) is 0.192. The number of aromatic nitrogens is 1. The van der Waals surface area contributed by atoms with Crippen LogP contribution in [0.4, 0.5) is 0 Å². The highest BCUT2D eigenvalue weighted by Gasteiger charge is 2.24. The second-order valence-corrected chi connectivity index (χ2v) is 8.87. The largest absolute Gasteiger partial charge is 0.488 e. The zero-order chi connectivity index (χ0) is 22.8. The number of H-pyrrole nitrogens is 1. The van der Waals surface area contributed by atoms with E-state index in [2.05, 4.69) is 51.2 Å². The van der Waals surface area contributed by atoms with Gasteiger partial charge in [-0.2, -0.15) is 0 Å². The molecule has 0 saturated carbocycles. The zero-order valence-corrected chi connectivity index (χ0v) is 19.3. The fraction of sp³-hybridized carbons (Fsp3) is 0.111. The molecule has 0 bridgehead atoms. The molecule has 1 aromatic heterocycles. The van der Waals surface area contributed by atoms with Gasteiger partial charge in [0.2, 0.25) is 6.54 Å². The zero-order valence-electron chi connectivity index (χ0n) is 17.7. The van der Waals surface area contributed by atoms with Crippen molar-refractivity contribution in [1.29, 1.82) is 0 Å². The Morgan fingerprint density at radius 2 is 1.73 bits per heavy atom. The summed E-state index contributed by atoms with van der Waals surface area (Å²) in [6, 6.07) is 28.1. The minimum Gasteiger partial charge on any atom is -0.488 e. The number of nitrogens with zero attached hydrogens (tertiary/aromatic N) is 1. The number of benzene rings is 4. The van der Waals surface area contributed by atoms with Crippen molar-refractivity contribution in [2.24, 2.45) is 0 Å². The summed E-state index contributed by atoms with van der Waals surface area (Å²) in [5, 5.41) is 14.8. The van der Waals surface area contributed by atoms with Crippen molar-refractivity contribution in [3.63, 3.8) is 0 Å². The lowest BCUT2D eigenvalue weighted by atomic mass is 9.91. The Balaban J connectivity index is 1.40. The third-order valence-electron chi connectivity index (χ3n) is 5.89. The van der Waals surface area contributed by atoms with Crippen molar-refractivity contribution in [3.05, 3.63) is 122 Å². The highest BCUT2D eigenvalue weighted by Crippen LogP contribution is 2.35. The molecule has 0 aliphatic heterocycles. The van der Waals surface area contributed by atoms with E-state index in [-0.39, 0.29) is 17.4 Å². The van der Waals surface area contributed by atoms with Gasteiger partial charge in [-0.25, -0.2) is 0 Å². The number of rotatable bonds is 7. The first-order chi connectivity index (χ1) is 16.1. The molecule has 5 aromatic rings. The summed E-state index contributed by atoms with van der Waals surface area (Å²) in [4.78, 5) is 14.4. The molecule has 0 spiro atoms. The average Bonchev–Trinajstić information content (AvgIpc) is 3.25. The minimum absolute atomic E-state index is 0.189. The van der Waals surface area contributed by atoms with Gasteiger partial charge in [-0.15, -0.1) is 0 Å². The molecule has 6 heteroatoms. The van der Waals surface area contributed by atoms with Crippen LogP contribution in [0.1, 0.15) is 22.6 Å². The van der Waals surface area contributed by atoms with Gasteiger partial charge in [0, 0.05) is 22.0 Å². The Morgan fingerprint density at radius 1 is 0.939 bits per heavy atom. The molecule has 33 heavy (non-hydrogen) atoms. The lowest BCUT2D eigenvalue weighted by molar-refractivity contribution is -0.481. The predicted molar refractivity (Wildman–Crippen MR) is 134 cm³/mol. The van der Waals surface area contributed by atoms with Crippen LogP contribution >= 0.6 is 15.9 Å². The van der Waals surface area contributed by atoms with Crippen LogP contribution in [0.25, 0.3) is 21.7 Å². The number of halogens is 1. The van der Waals surface area contributed by atoms with Gasteiger partial charge in [-0.05, 0) is 67.7 Å². The molecule has 0 aliphatic carbocycles. The van der Waals surface area contributed by atoms with Gasteiger partial charge >= 0.3 is 0 Å². The monoisotopic (exact) mass is 500 g/mol. The maximum atomic E-state index is 11.5. The van der Waals surface area contributed by atoms with Gasteiger partial charge in [-0.3, -0.25) is 10.1 Å². The predicted octanol–water partition coefficient (Wildman–Crippen LogP) is 7.07. The Kier molecular flexibility index (Phi) is 5.84. The lowest BCUT2D eigenvalue weighted by Crippen LogP contribution is -2.14. The summed E-state index contributed by atoms with van der Waals surface area (Å²) in [7, 11) is 0. The molecule has 1 N–H and O–H groups in total.